The standard InChI is InChI=1S/C15H27N3O3/c1-10(7-8-17(2)3)16-15(21)18-9-11-5-4-6-12(11)13(18)14(19)20/h10-13H,4-9H2,1-3H3,(H,16,21)(H,19,20). The van der Waals surface area contributed by atoms with Gasteiger partial charge in [0, 0.05) is 12.6 Å². The van der Waals surface area contributed by atoms with Crippen LogP contribution in [0.2, 0.25) is 0 Å². The molecule has 2 amide bonds. The van der Waals surface area contributed by atoms with E-state index in [9.17, 15) is 14.7 Å². The summed E-state index contributed by atoms with van der Waals surface area (Å²) < 4.78 is 0. The Balaban J connectivity index is 1.93. The third-order valence-corrected chi connectivity index (χ3v) is 4.78. The normalized spacial score (nSPS) is 29.5. The topological polar surface area (TPSA) is 72.9 Å². The summed E-state index contributed by atoms with van der Waals surface area (Å²) >= 11 is 0. The summed E-state index contributed by atoms with van der Waals surface area (Å²) in [4.78, 5) is 27.5. The van der Waals surface area contributed by atoms with E-state index in [2.05, 4.69) is 10.2 Å². The zero-order valence-electron chi connectivity index (χ0n) is 13.2. The fraction of sp³-hybridized carbons (Fsp3) is 0.867. The fourth-order valence-electron chi connectivity index (χ4n) is 3.65. The van der Waals surface area contributed by atoms with E-state index in [0.29, 0.717) is 12.5 Å². The van der Waals surface area contributed by atoms with Crippen molar-refractivity contribution in [3.05, 3.63) is 0 Å². The Bertz CT molecular complexity index is 400. The molecule has 0 spiro atoms. The summed E-state index contributed by atoms with van der Waals surface area (Å²) in [6, 6.07) is -0.809. The summed E-state index contributed by atoms with van der Waals surface area (Å²) in [7, 11) is 3.99. The molecule has 4 atom stereocenters. The van der Waals surface area contributed by atoms with E-state index in [0.717, 1.165) is 32.2 Å². The minimum Gasteiger partial charge on any atom is -0.480 e. The van der Waals surface area contributed by atoms with Crippen molar-refractivity contribution in [2.24, 2.45) is 11.8 Å². The number of hydrogen-bond donors (Lipinski definition) is 2. The summed E-state index contributed by atoms with van der Waals surface area (Å²) in [5.41, 5.74) is 0. The SMILES string of the molecule is CC(CCN(C)C)NC(=O)N1CC2CCCC2C1C(=O)O. The fourth-order valence-corrected chi connectivity index (χ4v) is 3.65. The maximum absolute atomic E-state index is 12.4. The Morgan fingerprint density at radius 3 is 2.71 bits per heavy atom. The quantitative estimate of drug-likeness (QED) is 0.800. The minimum absolute atomic E-state index is 0.0507. The third kappa shape index (κ3) is 3.67. The van der Waals surface area contributed by atoms with E-state index in [1.165, 1.54) is 0 Å². The van der Waals surface area contributed by atoms with Crippen LogP contribution in [-0.2, 0) is 4.79 Å². The Labute approximate surface area is 126 Å². The lowest BCUT2D eigenvalue weighted by Crippen LogP contribution is -2.50. The smallest absolute Gasteiger partial charge is 0.326 e. The number of nitrogens with zero attached hydrogens (tertiary/aromatic N) is 2. The number of amides is 2. The van der Waals surface area contributed by atoms with Gasteiger partial charge < -0.3 is 20.2 Å². The molecule has 2 N–H and O–H groups in total. The summed E-state index contributed by atoms with van der Waals surface area (Å²) in [5, 5.41) is 12.4. The second-order valence-electron chi connectivity index (χ2n) is 6.73. The predicted molar refractivity (Wildman–Crippen MR) is 80.1 cm³/mol. The first-order valence-electron chi connectivity index (χ1n) is 7.84. The number of carbonyl (C=O) groups excluding carboxylic acids is 1. The van der Waals surface area contributed by atoms with Crippen molar-refractivity contribution in [2.45, 2.75) is 44.7 Å². The molecule has 21 heavy (non-hydrogen) atoms. The number of likely N-dealkylation sites (tertiary alicyclic amines) is 1. The van der Waals surface area contributed by atoms with Gasteiger partial charge in [0.15, 0.2) is 0 Å². The van der Waals surface area contributed by atoms with Crippen LogP contribution in [-0.4, -0.2) is 66.2 Å². The van der Waals surface area contributed by atoms with Crippen LogP contribution in [0.25, 0.3) is 0 Å². The Hall–Kier alpha value is -1.30. The monoisotopic (exact) mass is 297 g/mol. The van der Waals surface area contributed by atoms with Crippen LogP contribution in [0.1, 0.15) is 32.6 Å². The molecule has 2 fully saturated rings. The van der Waals surface area contributed by atoms with Gasteiger partial charge in [-0.1, -0.05) is 6.42 Å². The van der Waals surface area contributed by atoms with Gasteiger partial charge in [-0.3, -0.25) is 0 Å². The first kappa shape index (κ1) is 16.1. The van der Waals surface area contributed by atoms with Crippen molar-refractivity contribution >= 4 is 12.0 Å². The van der Waals surface area contributed by atoms with Crippen LogP contribution in [0.3, 0.4) is 0 Å². The lowest BCUT2D eigenvalue weighted by molar-refractivity contribution is -0.142. The zero-order chi connectivity index (χ0) is 15.6. The van der Waals surface area contributed by atoms with Gasteiger partial charge in [0.25, 0.3) is 0 Å². The molecule has 2 rings (SSSR count). The van der Waals surface area contributed by atoms with E-state index < -0.39 is 12.0 Å². The van der Waals surface area contributed by atoms with Crippen LogP contribution in [0.4, 0.5) is 4.79 Å². The van der Waals surface area contributed by atoms with Gasteiger partial charge in [0.2, 0.25) is 0 Å². The highest BCUT2D eigenvalue weighted by molar-refractivity contribution is 5.84. The van der Waals surface area contributed by atoms with E-state index in [1.54, 1.807) is 4.90 Å². The highest BCUT2D eigenvalue weighted by Gasteiger charge is 2.49. The van der Waals surface area contributed by atoms with Crippen LogP contribution >= 0.6 is 0 Å². The number of fused-ring (bicyclic) bond motifs is 1. The van der Waals surface area contributed by atoms with E-state index >= 15 is 0 Å². The number of aliphatic carboxylic acids is 1. The zero-order valence-corrected chi connectivity index (χ0v) is 13.2. The molecule has 1 aliphatic heterocycles. The molecule has 0 aromatic heterocycles. The molecule has 2 aliphatic rings. The Kier molecular flexibility index (Phi) is 5.08. The molecular weight excluding hydrogens is 270 g/mol. The van der Waals surface area contributed by atoms with Gasteiger partial charge in [-0.2, -0.15) is 0 Å². The molecule has 0 aromatic rings. The summed E-state index contributed by atoms with van der Waals surface area (Å²) in [6.45, 7) is 3.46. The van der Waals surface area contributed by atoms with Crippen molar-refractivity contribution in [3.8, 4) is 0 Å². The van der Waals surface area contributed by atoms with Gasteiger partial charge in [-0.05, 0) is 58.7 Å². The van der Waals surface area contributed by atoms with Crippen molar-refractivity contribution < 1.29 is 14.7 Å². The maximum Gasteiger partial charge on any atom is 0.326 e. The van der Waals surface area contributed by atoms with Crippen LogP contribution < -0.4 is 5.32 Å². The van der Waals surface area contributed by atoms with Crippen molar-refractivity contribution in [1.29, 1.82) is 0 Å². The highest BCUT2D eigenvalue weighted by atomic mass is 16.4. The number of carboxylic acid groups (broad SMARTS) is 1. The van der Waals surface area contributed by atoms with E-state index in [1.807, 2.05) is 21.0 Å². The van der Waals surface area contributed by atoms with E-state index in [-0.39, 0.29) is 18.0 Å². The summed E-state index contributed by atoms with van der Waals surface area (Å²) in [6.07, 6.45) is 3.93. The van der Waals surface area contributed by atoms with E-state index in [4.69, 9.17) is 0 Å². The molecule has 0 bridgehead atoms. The maximum atomic E-state index is 12.4. The lowest BCUT2D eigenvalue weighted by atomic mass is 9.94. The first-order valence-corrected chi connectivity index (χ1v) is 7.84. The Morgan fingerprint density at radius 2 is 2.10 bits per heavy atom. The number of urea groups is 1. The molecule has 1 saturated carbocycles. The second-order valence-corrected chi connectivity index (χ2v) is 6.73. The van der Waals surface area contributed by atoms with Crippen LogP contribution in [0, 0.1) is 11.8 Å². The first-order chi connectivity index (χ1) is 9.90. The molecule has 0 aromatic carbocycles. The molecule has 120 valence electrons. The average Bonchev–Trinajstić information content (AvgIpc) is 2.95. The molecule has 1 saturated heterocycles. The second kappa shape index (κ2) is 6.64. The molecule has 1 aliphatic carbocycles. The van der Waals surface area contributed by atoms with Gasteiger partial charge >= 0.3 is 12.0 Å². The third-order valence-electron chi connectivity index (χ3n) is 4.78. The van der Waals surface area contributed by atoms with Crippen LogP contribution in [0.5, 0.6) is 0 Å². The largest absolute Gasteiger partial charge is 0.480 e. The van der Waals surface area contributed by atoms with Gasteiger partial charge in [-0.25, -0.2) is 9.59 Å². The lowest BCUT2D eigenvalue weighted by Gasteiger charge is -2.26. The Morgan fingerprint density at radius 1 is 1.38 bits per heavy atom. The number of nitrogens with one attached hydrogen (secondary N) is 1. The molecule has 6 heteroatoms. The van der Waals surface area contributed by atoms with Crippen molar-refractivity contribution in [2.75, 3.05) is 27.2 Å². The number of carbonyl (C=O) groups is 2. The highest BCUT2D eigenvalue weighted by Crippen LogP contribution is 2.42. The van der Waals surface area contributed by atoms with Gasteiger partial charge in [-0.15, -0.1) is 0 Å². The van der Waals surface area contributed by atoms with Gasteiger partial charge in [0.1, 0.15) is 6.04 Å². The number of rotatable bonds is 5. The molecule has 4 unspecified atom stereocenters. The number of hydrogen-bond acceptors (Lipinski definition) is 3. The average molecular weight is 297 g/mol. The summed E-state index contributed by atoms with van der Waals surface area (Å²) in [5.74, 6) is -0.347. The minimum atomic E-state index is -0.861. The molecular formula is C15H27N3O3. The molecule has 6 nitrogen and oxygen atoms in total. The predicted octanol–water partition coefficient (Wildman–Crippen LogP) is 1.22. The van der Waals surface area contributed by atoms with Crippen molar-refractivity contribution in [3.63, 3.8) is 0 Å². The van der Waals surface area contributed by atoms with Gasteiger partial charge in [0.05, 0.1) is 0 Å². The van der Waals surface area contributed by atoms with Crippen molar-refractivity contribution in [1.82, 2.24) is 15.1 Å². The van der Waals surface area contributed by atoms with Crippen LogP contribution in [0.15, 0.2) is 0 Å². The number of carboxylic acids is 1. The molecule has 1 heterocycles. The molecule has 0 radical (unpaired) electrons.